The van der Waals surface area contributed by atoms with Crippen molar-refractivity contribution in [1.82, 2.24) is 15.5 Å². The third-order valence-electron chi connectivity index (χ3n) is 2.16. The van der Waals surface area contributed by atoms with E-state index in [0.29, 0.717) is 26.2 Å². The first-order chi connectivity index (χ1) is 8.13. The topological polar surface area (TPSA) is 90.9 Å². The Morgan fingerprint density at radius 2 is 2.00 bits per heavy atom. The molecule has 17 heavy (non-hydrogen) atoms. The average Bonchev–Trinajstić information content (AvgIpc) is 2.32. The second-order valence-electron chi connectivity index (χ2n) is 3.44. The molecule has 7 nitrogen and oxygen atoms in total. The Labute approximate surface area is 101 Å². The van der Waals surface area contributed by atoms with E-state index in [9.17, 15) is 9.59 Å². The molecule has 0 aromatic rings. The van der Waals surface area contributed by atoms with Crippen LogP contribution in [-0.2, 0) is 9.53 Å². The van der Waals surface area contributed by atoms with Crippen LogP contribution in [0.15, 0.2) is 0 Å². The fourth-order valence-electron chi connectivity index (χ4n) is 1.21. The number of nitrogens with one attached hydrogen (secondary N) is 2. The molecule has 0 saturated carbocycles. The number of carbonyl (C=O) groups is 2. The average molecular weight is 247 g/mol. The highest BCUT2D eigenvalue weighted by Crippen LogP contribution is 1.92. The van der Waals surface area contributed by atoms with Crippen molar-refractivity contribution in [3.8, 4) is 0 Å². The molecule has 0 atom stereocenters. The van der Waals surface area contributed by atoms with Crippen molar-refractivity contribution in [2.75, 3.05) is 47.0 Å². The molecule has 0 aliphatic carbocycles. The van der Waals surface area contributed by atoms with E-state index in [2.05, 4.69) is 10.6 Å². The third kappa shape index (κ3) is 8.61. The Bertz CT molecular complexity index is 236. The van der Waals surface area contributed by atoms with Crippen LogP contribution in [0.25, 0.3) is 0 Å². The maximum Gasteiger partial charge on any atom is 0.321 e. The van der Waals surface area contributed by atoms with Gasteiger partial charge in [-0.25, -0.2) is 4.79 Å². The number of aliphatic hydroxyl groups is 1. The monoisotopic (exact) mass is 247 g/mol. The Balaban J connectivity index is 3.85. The molecule has 0 aromatic heterocycles. The summed E-state index contributed by atoms with van der Waals surface area (Å²) < 4.78 is 4.92. The second kappa shape index (κ2) is 10.0. The molecule has 100 valence electrons. The molecule has 0 spiro atoms. The molecule has 0 bridgehead atoms. The fraction of sp³-hybridized carbons (Fsp3) is 0.800. The molecule has 0 radical (unpaired) electrons. The zero-order valence-corrected chi connectivity index (χ0v) is 10.4. The van der Waals surface area contributed by atoms with E-state index in [-0.39, 0.29) is 18.9 Å². The van der Waals surface area contributed by atoms with E-state index in [0.717, 1.165) is 0 Å². The molecular formula is C10H21N3O4. The number of imide groups is 1. The zero-order valence-electron chi connectivity index (χ0n) is 10.4. The van der Waals surface area contributed by atoms with Crippen LogP contribution in [0, 0.1) is 0 Å². The summed E-state index contributed by atoms with van der Waals surface area (Å²) in [6.45, 7) is 2.17. The quantitative estimate of drug-likeness (QED) is 0.500. The molecule has 0 aromatic carbocycles. The lowest BCUT2D eigenvalue weighted by Crippen LogP contribution is -2.40. The van der Waals surface area contributed by atoms with Crippen LogP contribution in [0.3, 0.4) is 0 Å². The van der Waals surface area contributed by atoms with Crippen LogP contribution in [0.5, 0.6) is 0 Å². The molecule has 0 saturated heterocycles. The number of nitrogens with zero attached hydrogens (tertiary/aromatic N) is 1. The normalized spacial score (nSPS) is 10.4. The standard InChI is InChI=1S/C10H21N3O4/c1-11-10(16)12-9(15)3-4-13(5-7-14)6-8-17-2/h14H,3-8H2,1-2H3,(H2,11,12,15,16). The minimum absolute atomic E-state index is 0.0286. The molecule has 3 amide bonds. The summed E-state index contributed by atoms with van der Waals surface area (Å²) in [6, 6.07) is -0.513. The van der Waals surface area contributed by atoms with Crippen LogP contribution >= 0.6 is 0 Å². The van der Waals surface area contributed by atoms with Gasteiger partial charge in [-0.15, -0.1) is 0 Å². The zero-order chi connectivity index (χ0) is 13.1. The third-order valence-corrected chi connectivity index (χ3v) is 2.16. The van der Waals surface area contributed by atoms with E-state index < -0.39 is 6.03 Å². The maximum atomic E-state index is 11.3. The summed E-state index contributed by atoms with van der Waals surface area (Å²) >= 11 is 0. The molecule has 0 aliphatic heterocycles. The molecule has 3 N–H and O–H groups in total. The SMILES string of the molecule is CNC(=O)NC(=O)CCN(CCO)CCOC. The van der Waals surface area contributed by atoms with Crippen molar-refractivity contribution < 1.29 is 19.4 Å². The number of carbonyl (C=O) groups excluding carboxylic acids is 2. The molecule has 0 rings (SSSR count). The van der Waals surface area contributed by atoms with Crippen LogP contribution in [0.2, 0.25) is 0 Å². The minimum atomic E-state index is -0.513. The molecule has 0 unspecified atom stereocenters. The second-order valence-corrected chi connectivity index (χ2v) is 3.44. The number of urea groups is 1. The molecule has 0 fully saturated rings. The van der Waals surface area contributed by atoms with Crippen LogP contribution in [-0.4, -0.2) is 69.0 Å². The lowest BCUT2D eigenvalue weighted by molar-refractivity contribution is -0.120. The number of hydrogen-bond donors (Lipinski definition) is 3. The van der Waals surface area contributed by atoms with Gasteiger partial charge >= 0.3 is 6.03 Å². The highest BCUT2D eigenvalue weighted by Gasteiger charge is 2.09. The van der Waals surface area contributed by atoms with Gasteiger partial charge in [0.2, 0.25) is 5.91 Å². The Morgan fingerprint density at radius 1 is 1.29 bits per heavy atom. The van der Waals surface area contributed by atoms with Crippen molar-refractivity contribution in [2.24, 2.45) is 0 Å². The maximum absolute atomic E-state index is 11.3. The minimum Gasteiger partial charge on any atom is -0.395 e. The van der Waals surface area contributed by atoms with E-state index in [4.69, 9.17) is 9.84 Å². The largest absolute Gasteiger partial charge is 0.395 e. The predicted octanol–water partition coefficient (Wildman–Crippen LogP) is -1.23. The van der Waals surface area contributed by atoms with Gasteiger partial charge in [-0.1, -0.05) is 0 Å². The van der Waals surface area contributed by atoms with Crippen molar-refractivity contribution in [3.05, 3.63) is 0 Å². The van der Waals surface area contributed by atoms with Crippen LogP contribution in [0.4, 0.5) is 4.79 Å². The van der Waals surface area contributed by atoms with E-state index in [1.165, 1.54) is 7.05 Å². The number of amides is 3. The van der Waals surface area contributed by atoms with E-state index in [1.807, 2.05) is 4.90 Å². The summed E-state index contributed by atoms with van der Waals surface area (Å²) in [4.78, 5) is 24.0. The summed E-state index contributed by atoms with van der Waals surface area (Å²) in [5.74, 6) is -0.343. The summed E-state index contributed by atoms with van der Waals surface area (Å²) in [5.41, 5.74) is 0. The van der Waals surface area contributed by atoms with Crippen molar-refractivity contribution in [1.29, 1.82) is 0 Å². The van der Waals surface area contributed by atoms with Gasteiger partial charge in [0.25, 0.3) is 0 Å². The first-order valence-electron chi connectivity index (χ1n) is 5.47. The van der Waals surface area contributed by atoms with Gasteiger partial charge in [0, 0.05) is 40.2 Å². The van der Waals surface area contributed by atoms with Gasteiger partial charge in [0.05, 0.1) is 13.2 Å². The van der Waals surface area contributed by atoms with Crippen LogP contribution < -0.4 is 10.6 Å². The van der Waals surface area contributed by atoms with Crippen molar-refractivity contribution in [3.63, 3.8) is 0 Å². The predicted molar refractivity (Wildman–Crippen MR) is 62.6 cm³/mol. The Morgan fingerprint density at radius 3 is 2.53 bits per heavy atom. The highest BCUT2D eigenvalue weighted by molar-refractivity contribution is 5.94. The molecule has 0 heterocycles. The van der Waals surface area contributed by atoms with Crippen molar-refractivity contribution in [2.45, 2.75) is 6.42 Å². The van der Waals surface area contributed by atoms with Gasteiger partial charge in [0.15, 0.2) is 0 Å². The number of methoxy groups -OCH3 is 1. The van der Waals surface area contributed by atoms with Gasteiger partial charge in [-0.05, 0) is 0 Å². The van der Waals surface area contributed by atoms with Gasteiger partial charge in [-0.3, -0.25) is 15.0 Å². The lowest BCUT2D eigenvalue weighted by atomic mass is 10.3. The van der Waals surface area contributed by atoms with E-state index >= 15 is 0 Å². The number of ether oxygens (including phenoxy) is 1. The number of aliphatic hydroxyl groups excluding tert-OH is 1. The molecule has 7 heteroatoms. The number of rotatable bonds is 8. The molecular weight excluding hydrogens is 226 g/mol. The first kappa shape index (κ1) is 15.8. The molecule has 0 aliphatic rings. The fourth-order valence-corrected chi connectivity index (χ4v) is 1.21. The summed E-state index contributed by atoms with van der Waals surface area (Å²) in [5, 5.41) is 13.3. The van der Waals surface area contributed by atoms with Gasteiger partial charge in [0.1, 0.15) is 0 Å². The van der Waals surface area contributed by atoms with Crippen LogP contribution in [0.1, 0.15) is 6.42 Å². The van der Waals surface area contributed by atoms with Crippen molar-refractivity contribution >= 4 is 11.9 Å². The van der Waals surface area contributed by atoms with Gasteiger partial charge in [-0.2, -0.15) is 0 Å². The number of hydrogen-bond acceptors (Lipinski definition) is 5. The van der Waals surface area contributed by atoms with Gasteiger partial charge < -0.3 is 15.2 Å². The summed E-state index contributed by atoms with van der Waals surface area (Å²) in [6.07, 6.45) is 0.205. The lowest BCUT2D eigenvalue weighted by Gasteiger charge is -2.20. The highest BCUT2D eigenvalue weighted by atomic mass is 16.5. The first-order valence-corrected chi connectivity index (χ1v) is 5.47. The Hall–Kier alpha value is -1.18. The van der Waals surface area contributed by atoms with E-state index in [1.54, 1.807) is 7.11 Å². The summed E-state index contributed by atoms with van der Waals surface area (Å²) in [7, 11) is 3.04. The smallest absolute Gasteiger partial charge is 0.321 e. The Kier molecular flexibility index (Phi) is 9.31.